The number of hydrogen-bond donors (Lipinski definition) is 2. The molecule has 1 aromatic heterocycles. The minimum Gasteiger partial charge on any atom is -0.480 e. The quantitative estimate of drug-likeness (QED) is 0.801. The van der Waals surface area contributed by atoms with Gasteiger partial charge in [0, 0.05) is 11.8 Å². The molecule has 1 amide bonds. The molecule has 1 fully saturated rings. The van der Waals surface area contributed by atoms with Crippen molar-refractivity contribution in [3.63, 3.8) is 0 Å². The van der Waals surface area contributed by atoms with Gasteiger partial charge < -0.3 is 10.4 Å². The topological polar surface area (TPSA) is 79.3 Å². The van der Waals surface area contributed by atoms with Crippen LogP contribution in [0.1, 0.15) is 29.6 Å². The van der Waals surface area contributed by atoms with Crippen molar-refractivity contribution < 1.29 is 14.7 Å². The Morgan fingerprint density at radius 3 is 2.65 bits per heavy atom. The summed E-state index contributed by atoms with van der Waals surface area (Å²) in [6.07, 6.45) is 3.15. The molecule has 0 bridgehead atoms. The third-order valence-electron chi connectivity index (χ3n) is 2.96. The maximum Gasteiger partial charge on any atom is 0.329 e. The molecule has 1 saturated carbocycles. The summed E-state index contributed by atoms with van der Waals surface area (Å²) in [4.78, 5) is 26.7. The van der Waals surface area contributed by atoms with Crippen LogP contribution in [-0.2, 0) is 4.79 Å². The SMILES string of the molecule is O=C(NC1(C(=O)O)CCC1)c1ccnc(Cl)c1. The molecule has 0 spiro atoms. The van der Waals surface area contributed by atoms with Crippen LogP contribution in [0.15, 0.2) is 18.3 Å². The number of carboxylic acid groups (broad SMARTS) is 1. The molecule has 0 atom stereocenters. The summed E-state index contributed by atoms with van der Waals surface area (Å²) in [7, 11) is 0. The fraction of sp³-hybridized carbons (Fsp3) is 0.364. The van der Waals surface area contributed by atoms with E-state index in [1.807, 2.05) is 0 Å². The third kappa shape index (κ3) is 2.24. The highest BCUT2D eigenvalue weighted by molar-refractivity contribution is 6.29. The van der Waals surface area contributed by atoms with Crippen molar-refractivity contribution in [3.05, 3.63) is 29.0 Å². The Balaban J connectivity index is 2.14. The first-order valence-corrected chi connectivity index (χ1v) is 5.59. The maximum atomic E-state index is 11.8. The highest BCUT2D eigenvalue weighted by Crippen LogP contribution is 2.32. The van der Waals surface area contributed by atoms with Gasteiger partial charge in [-0.3, -0.25) is 4.79 Å². The van der Waals surface area contributed by atoms with Gasteiger partial charge in [-0.2, -0.15) is 0 Å². The van der Waals surface area contributed by atoms with E-state index in [4.69, 9.17) is 16.7 Å². The molecule has 2 N–H and O–H groups in total. The second-order valence-corrected chi connectivity index (χ2v) is 4.45. The van der Waals surface area contributed by atoms with Crippen molar-refractivity contribution in [3.8, 4) is 0 Å². The summed E-state index contributed by atoms with van der Waals surface area (Å²) in [5, 5.41) is 11.8. The van der Waals surface area contributed by atoms with Crippen LogP contribution in [0.2, 0.25) is 5.15 Å². The molecule has 1 aromatic rings. The fourth-order valence-electron chi connectivity index (χ4n) is 1.76. The number of carboxylic acids is 1. The number of hydrogen-bond acceptors (Lipinski definition) is 3. The van der Waals surface area contributed by atoms with Gasteiger partial charge in [-0.25, -0.2) is 9.78 Å². The fourth-order valence-corrected chi connectivity index (χ4v) is 1.93. The standard InChI is InChI=1S/C11H11ClN2O3/c12-8-6-7(2-5-13-8)9(15)14-11(10(16)17)3-1-4-11/h2,5-6H,1,3-4H2,(H,14,15)(H,16,17). The van der Waals surface area contributed by atoms with Gasteiger partial charge in [0.15, 0.2) is 0 Å². The molecule has 90 valence electrons. The van der Waals surface area contributed by atoms with Crippen molar-refractivity contribution >= 4 is 23.5 Å². The van der Waals surface area contributed by atoms with Gasteiger partial charge in [0.1, 0.15) is 10.7 Å². The highest BCUT2D eigenvalue weighted by Gasteiger charge is 2.45. The Labute approximate surface area is 103 Å². The molecular formula is C11H11ClN2O3. The number of nitrogens with zero attached hydrogens (tertiary/aromatic N) is 1. The van der Waals surface area contributed by atoms with E-state index >= 15 is 0 Å². The second-order valence-electron chi connectivity index (χ2n) is 4.06. The van der Waals surface area contributed by atoms with Crippen LogP contribution in [0.4, 0.5) is 0 Å². The van der Waals surface area contributed by atoms with Crippen LogP contribution >= 0.6 is 11.6 Å². The van der Waals surface area contributed by atoms with E-state index in [0.717, 1.165) is 6.42 Å². The predicted octanol–water partition coefficient (Wildman–Crippen LogP) is 1.47. The maximum absolute atomic E-state index is 11.8. The van der Waals surface area contributed by atoms with E-state index in [0.29, 0.717) is 18.4 Å². The third-order valence-corrected chi connectivity index (χ3v) is 3.16. The number of carbonyl (C=O) groups is 2. The Hall–Kier alpha value is -1.62. The lowest BCUT2D eigenvalue weighted by Gasteiger charge is -2.38. The lowest BCUT2D eigenvalue weighted by molar-refractivity contribution is -0.148. The summed E-state index contributed by atoms with van der Waals surface area (Å²) in [6.45, 7) is 0. The molecule has 5 nitrogen and oxygen atoms in total. The first-order valence-electron chi connectivity index (χ1n) is 5.21. The van der Waals surface area contributed by atoms with E-state index in [1.54, 1.807) is 0 Å². The molecule has 1 aliphatic carbocycles. The van der Waals surface area contributed by atoms with Gasteiger partial charge in [0.25, 0.3) is 5.91 Å². The van der Waals surface area contributed by atoms with E-state index in [1.165, 1.54) is 18.3 Å². The van der Waals surface area contributed by atoms with Crippen molar-refractivity contribution in [2.24, 2.45) is 0 Å². The predicted molar refractivity (Wildman–Crippen MR) is 60.9 cm³/mol. The zero-order valence-electron chi connectivity index (χ0n) is 8.94. The molecular weight excluding hydrogens is 244 g/mol. The average Bonchev–Trinajstić information content (AvgIpc) is 2.22. The molecule has 0 unspecified atom stereocenters. The summed E-state index contributed by atoms with van der Waals surface area (Å²) < 4.78 is 0. The van der Waals surface area contributed by atoms with Crippen LogP contribution in [0.5, 0.6) is 0 Å². The van der Waals surface area contributed by atoms with E-state index in [-0.39, 0.29) is 5.15 Å². The number of carbonyl (C=O) groups excluding carboxylic acids is 1. The average molecular weight is 255 g/mol. The number of rotatable bonds is 3. The smallest absolute Gasteiger partial charge is 0.329 e. The first-order chi connectivity index (χ1) is 8.03. The van der Waals surface area contributed by atoms with Gasteiger partial charge in [-0.05, 0) is 31.4 Å². The Morgan fingerprint density at radius 2 is 2.18 bits per heavy atom. The normalized spacial score (nSPS) is 17.0. The number of amides is 1. The van der Waals surface area contributed by atoms with Gasteiger partial charge in [0.05, 0.1) is 0 Å². The van der Waals surface area contributed by atoms with Crippen LogP contribution < -0.4 is 5.32 Å². The minimum atomic E-state index is -1.10. The van der Waals surface area contributed by atoms with Gasteiger partial charge >= 0.3 is 5.97 Å². The summed E-state index contributed by atoms with van der Waals surface area (Å²) in [6, 6.07) is 2.90. The lowest BCUT2D eigenvalue weighted by Crippen LogP contribution is -2.59. The number of aliphatic carboxylic acids is 1. The van der Waals surface area contributed by atoms with Gasteiger partial charge in [-0.1, -0.05) is 11.6 Å². The molecule has 0 radical (unpaired) electrons. The molecule has 2 rings (SSSR count). The van der Waals surface area contributed by atoms with Crippen LogP contribution in [0.25, 0.3) is 0 Å². The van der Waals surface area contributed by atoms with Crippen molar-refractivity contribution in [2.75, 3.05) is 0 Å². The van der Waals surface area contributed by atoms with E-state index in [9.17, 15) is 9.59 Å². The van der Waals surface area contributed by atoms with Crippen molar-refractivity contribution in [1.29, 1.82) is 0 Å². The molecule has 0 saturated heterocycles. The second kappa shape index (κ2) is 4.33. The summed E-state index contributed by atoms with van der Waals surface area (Å²) >= 11 is 5.66. The van der Waals surface area contributed by atoms with Crippen molar-refractivity contribution in [1.82, 2.24) is 10.3 Å². The zero-order valence-corrected chi connectivity index (χ0v) is 9.70. The number of nitrogens with one attached hydrogen (secondary N) is 1. The number of pyridine rings is 1. The van der Waals surface area contributed by atoms with Crippen molar-refractivity contribution in [2.45, 2.75) is 24.8 Å². The number of halogens is 1. The van der Waals surface area contributed by atoms with E-state index < -0.39 is 17.4 Å². The Bertz CT molecular complexity index is 472. The molecule has 0 aromatic carbocycles. The molecule has 1 aliphatic rings. The van der Waals surface area contributed by atoms with Gasteiger partial charge in [0.2, 0.25) is 0 Å². The van der Waals surface area contributed by atoms with Crippen LogP contribution in [-0.4, -0.2) is 27.5 Å². The highest BCUT2D eigenvalue weighted by atomic mass is 35.5. The lowest BCUT2D eigenvalue weighted by atomic mass is 9.76. The molecule has 6 heteroatoms. The minimum absolute atomic E-state index is 0.204. The molecule has 1 heterocycles. The summed E-state index contributed by atoms with van der Waals surface area (Å²) in [5.74, 6) is -1.42. The van der Waals surface area contributed by atoms with Crippen LogP contribution in [0.3, 0.4) is 0 Å². The number of aromatic nitrogens is 1. The zero-order chi connectivity index (χ0) is 12.5. The first kappa shape index (κ1) is 11.9. The largest absolute Gasteiger partial charge is 0.480 e. The summed E-state index contributed by atoms with van der Waals surface area (Å²) in [5.41, 5.74) is -0.787. The molecule has 0 aliphatic heterocycles. The Kier molecular flexibility index (Phi) is 3.02. The van der Waals surface area contributed by atoms with Crippen LogP contribution in [0, 0.1) is 0 Å². The van der Waals surface area contributed by atoms with Gasteiger partial charge in [-0.15, -0.1) is 0 Å². The van der Waals surface area contributed by atoms with E-state index in [2.05, 4.69) is 10.3 Å². The monoisotopic (exact) mass is 254 g/mol. The Morgan fingerprint density at radius 1 is 1.47 bits per heavy atom. The molecule has 17 heavy (non-hydrogen) atoms.